The minimum Gasteiger partial charge on any atom is -0.358 e. The van der Waals surface area contributed by atoms with Gasteiger partial charge in [-0.1, -0.05) is 24.3 Å². The molecule has 3 aromatic heterocycles. The Labute approximate surface area is 177 Å². The molecule has 5 rings (SSSR count). The van der Waals surface area contributed by atoms with E-state index >= 15 is 0 Å². The number of aryl methyl sites for hydroxylation is 1. The summed E-state index contributed by atoms with van der Waals surface area (Å²) in [7, 11) is 0. The maximum absolute atomic E-state index is 12.4. The highest BCUT2D eigenvalue weighted by Crippen LogP contribution is 2.39. The molecule has 0 saturated carbocycles. The Kier molecular flexibility index (Phi) is 4.61. The van der Waals surface area contributed by atoms with Crippen LogP contribution >= 0.6 is 11.3 Å². The normalized spacial score (nSPS) is 11.0. The quantitative estimate of drug-likeness (QED) is 0.387. The minimum atomic E-state index is -0.176. The van der Waals surface area contributed by atoms with Crippen molar-refractivity contribution in [2.24, 2.45) is 0 Å². The third-order valence-corrected chi connectivity index (χ3v) is 5.84. The second-order valence-electron chi connectivity index (χ2n) is 6.96. The van der Waals surface area contributed by atoms with E-state index in [9.17, 15) is 4.79 Å². The van der Waals surface area contributed by atoms with Crippen LogP contribution in [0.1, 0.15) is 16.1 Å². The molecule has 0 bridgehead atoms. The van der Waals surface area contributed by atoms with Crippen LogP contribution < -0.4 is 5.32 Å². The molecular weight excluding hydrogens is 392 g/mol. The van der Waals surface area contributed by atoms with Crippen LogP contribution in [0.4, 0.5) is 5.69 Å². The van der Waals surface area contributed by atoms with Gasteiger partial charge in [0.25, 0.3) is 5.91 Å². The number of benzene rings is 2. The van der Waals surface area contributed by atoms with E-state index in [4.69, 9.17) is 0 Å². The number of hydrogen-bond acceptors (Lipinski definition) is 4. The summed E-state index contributed by atoms with van der Waals surface area (Å²) in [6.07, 6.45) is 5.03. The summed E-state index contributed by atoms with van der Waals surface area (Å²) in [6, 6.07) is 17.7. The minimum absolute atomic E-state index is 0.176. The molecule has 5 nitrogen and oxygen atoms in total. The third-order valence-electron chi connectivity index (χ3n) is 5.03. The Morgan fingerprint density at radius 3 is 2.63 bits per heavy atom. The predicted molar refractivity (Wildman–Crippen MR) is 122 cm³/mol. The fraction of sp³-hybridized carbons (Fsp3) is 0.0417. The molecule has 0 aliphatic carbocycles. The first kappa shape index (κ1) is 18.3. The second-order valence-corrected chi connectivity index (χ2v) is 7.86. The van der Waals surface area contributed by atoms with Crippen molar-refractivity contribution in [2.75, 3.05) is 5.32 Å². The average Bonchev–Trinajstić information content (AvgIpc) is 3.42. The van der Waals surface area contributed by atoms with E-state index in [2.05, 4.69) is 45.4 Å². The molecule has 0 atom stereocenters. The Balaban J connectivity index is 1.52. The van der Waals surface area contributed by atoms with Gasteiger partial charge in [-0.3, -0.25) is 9.78 Å². The lowest BCUT2D eigenvalue weighted by Crippen LogP contribution is -2.11. The molecule has 0 unspecified atom stereocenters. The molecule has 0 radical (unpaired) electrons. The van der Waals surface area contributed by atoms with Gasteiger partial charge >= 0.3 is 0 Å². The average molecular weight is 411 g/mol. The summed E-state index contributed by atoms with van der Waals surface area (Å²) in [4.78, 5) is 24.4. The number of fused-ring (bicyclic) bond motifs is 1. The number of nitrogens with one attached hydrogen (secondary N) is 2. The molecule has 0 spiro atoms. The number of aromatic nitrogens is 3. The van der Waals surface area contributed by atoms with Gasteiger partial charge in [-0.15, -0.1) is 11.3 Å². The topological polar surface area (TPSA) is 70.7 Å². The Morgan fingerprint density at radius 2 is 1.90 bits per heavy atom. The van der Waals surface area contributed by atoms with Gasteiger partial charge in [-0.05, 0) is 42.8 Å². The van der Waals surface area contributed by atoms with E-state index in [0.717, 1.165) is 44.0 Å². The van der Waals surface area contributed by atoms with Gasteiger partial charge in [0.2, 0.25) is 0 Å². The number of pyridine rings is 1. The first-order valence-electron chi connectivity index (χ1n) is 9.53. The third kappa shape index (κ3) is 3.27. The van der Waals surface area contributed by atoms with E-state index in [1.807, 2.05) is 35.8 Å². The number of amides is 1. The highest BCUT2D eigenvalue weighted by Gasteiger charge is 2.16. The molecule has 0 aliphatic heterocycles. The number of anilines is 1. The Hall–Kier alpha value is -3.77. The largest absolute Gasteiger partial charge is 0.358 e. The number of carbonyl (C=O) groups is 1. The summed E-state index contributed by atoms with van der Waals surface area (Å²) in [6.45, 7) is 2.08. The van der Waals surface area contributed by atoms with Crippen LogP contribution in [0.25, 0.3) is 32.6 Å². The molecular formula is C24H18N4OS. The zero-order valence-electron chi connectivity index (χ0n) is 16.2. The van der Waals surface area contributed by atoms with Crippen LogP contribution in [0.5, 0.6) is 0 Å². The van der Waals surface area contributed by atoms with Crippen molar-refractivity contribution in [3.8, 4) is 21.7 Å². The van der Waals surface area contributed by atoms with Gasteiger partial charge in [-0.2, -0.15) is 0 Å². The maximum atomic E-state index is 12.4. The summed E-state index contributed by atoms with van der Waals surface area (Å²) in [5.74, 6) is -0.176. The van der Waals surface area contributed by atoms with Crippen molar-refractivity contribution in [2.45, 2.75) is 6.92 Å². The standard InChI is InChI=1S/C24H18N4OS/c1-15-21(22-19(24-26-12-13-30-24)5-2-6-20(22)27-15)16-7-9-18(10-8-16)28-23(29)17-4-3-11-25-14-17/h2-14,27H,1H3,(H,28,29). The van der Waals surface area contributed by atoms with Gasteiger partial charge < -0.3 is 10.3 Å². The predicted octanol–water partition coefficient (Wildman–Crippen LogP) is 5.91. The summed E-state index contributed by atoms with van der Waals surface area (Å²) < 4.78 is 0. The van der Waals surface area contributed by atoms with Crippen LogP contribution in [0.15, 0.2) is 78.6 Å². The number of thiazole rings is 1. The van der Waals surface area contributed by atoms with Crippen molar-refractivity contribution in [1.29, 1.82) is 0 Å². The fourth-order valence-corrected chi connectivity index (χ4v) is 4.36. The number of carbonyl (C=O) groups excluding carboxylic acids is 1. The summed E-state index contributed by atoms with van der Waals surface area (Å²) >= 11 is 1.63. The first-order chi connectivity index (χ1) is 14.7. The monoisotopic (exact) mass is 410 g/mol. The van der Waals surface area contributed by atoms with Crippen molar-refractivity contribution in [3.05, 3.63) is 89.8 Å². The molecule has 1 amide bonds. The van der Waals surface area contributed by atoms with E-state index in [1.165, 1.54) is 0 Å². The molecule has 0 saturated heterocycles. The summed E-state index contributed by atoms with van der Waals surface area (Å²) in [5, 5.41) is 7.08. The molecule has 0 fully saturated rings. The lowest BCUT2D eigenvalue weighted by atomic mass is 9.98. The summed E-state index contributed by atoms with van der Waals surface area (Å²) in [5.41, 5.74) is 6.82. The molecule has 30 heavy (non-hydrogen) atoms. The van der Waals surface area contributed by atoms with Crippen molar-refractivity contribution in [3.63, 3.8) is 0 Å². The van der Waals surface area contributed by atoms with Gasteiger partial charge in [0, 0.05) is 57.4 Å². The van der Waals surface area contributed by atoms with E-state index in [1.54, 1.807) is 35.9 Å². The van der Waals surface area contributed by atoms with Crippen molar-refractivity contribution >= 4 is 33.8 Å². The smallest absolute Gasteiger partial charge is 0.257 e. The SMILES string of the molecule is Cc1[nH]c2cccc(-c3nccs3)c2c1-c1ccc(NC(=O)c2cccnc2)cc1. The highest BCUT2D eigenvalue weighted by molar-refractivity contribution is 7.13. The number of hydrogen-bond donors (Lipinski definition) is 2. The van der Waals surface area contributed by atoms with Crippen LogP contribution in [0, 0.1) is 6.92 Å². The number of rotatable bonds is 4. The van der Waals surface area contributed by atoms with Gasteiger partial charge in [0.1, 0.15) is 5.01 Å². The Morgan fingerprint density at radius 1 is 1.03 bits per heavy atom. The fourth-order valence-electron chi connectivity index (χ4n) is 3.69. The zero-order valence-corrected chi connectivity index (χ0v) is 17.0. The number of nitrogens with zero attached hydrogens (tertiary/aromatic N) is 2. The lowest BCUT2D eigenvalue weighted by molar-refractivity contribution is 0.102. The molecule has 146 valence electrons. The molecule has 6 heteroatoms. The molecule has 5 aromatic rings. The molecule has 2 aromatic carbocycles. The van der Waals surface area contributed by atoms with Gasteiger partial charge in [-0.25, -0.2) is 4.98 Å². The maximum Gasteiger partial charge on any atom is 0.257 e. The lowest BCUT2D eigenvalue weighted by Gasteiger charge is -2.08. The zero-order chi connectivity index (χ0) is 20.5. The molecule has 3 heterocycles. The highest BCUT2D eigenvalue weighted by atomic mass is 32.1. The van der Waals surface area contributed by atoms with E-state index in [0.29, 0.717) is 5.56 Å². The second kappa shape index (κ2) is 7.57. The van der Waals surface area contributed by atoms with Crippen LogP contribution in [-0.2, 0) is 0 Å². The first-order valence-corrected chi connectivity index (χ1v) is 10.4. The molecule has 0 aliphatic rings. The Bertz CT molecular complexity index is 1320. The van der Waals surface area contributed by atoms with Crippen LogP contribution in [-0.4, -0.2) is 20.9 Å². The van der Waals surface area contributed by atoms with E-state index < -0.39 is 0 Å². The van der Waals surface area contributed by atoms with Crippen molar-refractivity contribution in [1.82, 2.24) is 15.0 Å². The van der Waals surface area contributed by atoms with Crippen LogP contribution in [0.3, 0.4) is 0 Å². The number of H-pyrrole nitrogens is 1. The van der Waals surface area contributed by atoms with E-state index in [-0.39, 0.29) is 5.91 Å². The van der Waals surface area contributed by atoms with Crippen molar-refractivity contribution < 1.29 is 4.79 Å². The number of aromatic amines is 1. The van der Waals surface area contributed by atoms with Gasteiger partial charge in [0.15, 0.2) is 0 Å². The van der Waals surface area contributed by atoms with Crippen LogP contribution in [0.2, 0.25) is 0 Å². The molecule has 2 N–H and O–H groups in total. The van der Waals surface area contributed by atoms with Gasteiger partial charge in [0.05, 0.1) is 5.56 Å².